The Bertz CT molecular complexity index is 540. The molecule has 0 aromatic carbocycles. The van der Waals surface area contributed by atoms with Gasteiger partial charge in [0.05, 0.1) is 24.4 Å². The monoisotopic (exact) mass is 326 g/mol. The SMILES string of the molecule is C(CC1CCC2OC12)C1CCC2OC12.C1=CC2C3C=CC(C3)C2C1. The van der Waals surface area contributed by atoms with Gasteiger partial charge in [0.1, 0.15) is 0 Å². The van der Waals surface area contributed by atoms with Crippen molar-refractivity contribution in [1.29, 1.82) is 0 Å². The molecule has 2 bridgehead atoms. The van der Waals surface area contributed by atoms with Crippen LogP contribution in [0.5, 0.6) is 0 Å². The smallest absolute Gasteiger partial charge is 0.0869 e. The van der Waals surface area contributed by atoms with Gasteiger partial charge in [0.25, 0.3) is 0 Å². The average Bonchev–Trinajstić information content (AvgIpc) is 3.18. The molecule has 2 aliphatic heterocycles. The lowest BCUT2D eigenvalue weighted by Gasteiger charge is -2.18. The van der Waals surface area contributed by atoms with E-state index in [0.717, 1.165) is 35.5 Å². The molecular weight excluding hydrogens is 296 g/mol. The van der Waals surface area contributed by atoms with Crippen LogP contribution in [0.15, 0.2) is 24.3 Å². The van der Waals surface area contributed by atoms with Crippen LogP contribution >= 0.6 is 0 Å². The topological polar surface area (TPSA) is 25.1 Å². The number of fused-ring (bicyclic) bond motifs is 7. The van der Waals surface area contributed by atoms with E-state index in [0.29, 0.717) is 24.4 Å². The molecule has 0 amide bonds. The first-order valence-corrected chi connectivity index (χ1v) is 10.5. The summed E-state index contributed by atoms with van der Waals surface area (Å²) in [6.07, 6.45) is 23.5. The van der Waals surface area contributed by atoms with Crippen molar-refractivity contribution in [1.82, 2.24) is 0 Å². The van der Waals surface area contributed by atoms with E-state index in [1.54, 1.807) is 0 Å². The zero-order valence-corrected chi connectivity index (χ0v) is 14.6. The summed E-state index contributed by atoms with van der Waals surface area (Å²) < 4.78 is 11.2. The Balaban J connectivity index is 0.000000106. The summed E-state index contributed by atoms with van der Waals surface area (Å²) in [5, 5.41) is 0. The summed E-state index contributed by atoms with van der Waals surface area (Å²) in [5.41, 5.74) is 0. The van der Waals surface area contributed by atoms with Crippen LogP contribution in [0, 0.1) is 35.5 Å². The first-order valence-electron chi connectivity index (χ1n) is 10.5. The Kier molecular flexibility index (Phi) is 3.30. The molecule has 0 radical (unpaired) electrons. The standard InChI is InChI=1S/C12H18O2.C10H12/c1(7-3-5-9-11(7)13-9)2-8-4-6-10-12(8)14-10;1-2-9-7-4-5-8(6-7)10(9)3-1/h7-12H,1-6H2;1-2,4-5,7-10H,3,6H2. The zero-order chi connectivity index (χ0) is 15.7. The van der Waals surface area contributed by atoms with E-state index >= 15 is 0 Å². The summed E-state index contributed by atoms with van der Waals surface area (Å²) in [6.45, 7) is 0. The molecule has 7 rings (SSSR count). The second-order valence-electron chi connectivity index (χ2n) is 9.38. The van der Waals surface area contributed by atoms with Gasteiger partial charge >= 0.3 is 0 Å². The van der Waals surface area contributed by atoms with Gasteiger partial charge in [-0.2, -0.15) is 0 Å². The van der Waals surface area contributed by atoms with Crippen LogP contribution in [0.1, 0.15) is 51.4 Å². The van der Waals surface area contributed by atoms with E-state index in [1.807, 2.05) is 0 Å². The molecule has 0 spiro atoms. The summed E-state index contributed by atoms with van der Waals surface area (Å²) in [4.78, 5) is 0. The minimum atomic E-state index is 0.673. The van der Waals surface area contributed by atoms with Crippen LogP contribution in [0.2, 0.25) is 0 Å². The predicted molar refractivity (Wildman–Crippen MR) is 93.5 cm³/mol. The van der Waals surface area contributed by atoms with Gasteiger partial charge in [-0.3, -0.25) is 0 Å². The summed E-state index contributed by atoms with van der Waals surface area (Å²) in [7, 11) is 0. The number of epoxide rings is 2. The lowest BCUT2D eigenvalue weighted by atomic mass is 9.86. The van der Waals surface area contributed by atoms with Crippen LogP contribution in [0.25, 0.3) is 0 Å². The Morgan fingerprint density at radius 3 is 1.96 bits per heavy atom. The fourth-order valence-electron chi connectivity index (χ4n) is 6.71. The average molecular weight is 326 g/mol. The highest BCUT2D eigenvalue weighted by atomic mass is 16.6. The molecule has 7 aliphatic rings. The molecule has 0 N–H and O–H groups in total. The van der Waals surface area contributed by atoms with Crippen LogP contribution in [0.3, 0.4) is 0 Å². The summed E-state index contributed by atoms with van der Waals surface area (Å²) in [6, 6.07) is 0. The van der Waals surface area contributed by atoms with Crippen molar-refractivity contribution in [3.63, 3.8) is 0 Å². The molecule has 24 heavy (non-hydrogen) atoms. The molecule has 0 aromatic rings. The fourth-order valence-corrected chi connectivity index (χ4v) is 6.71. The predicted octanol–water partition coefficient (Wildman–Crippen LogP) is 4.51. The largest absolute Gasteiger partial charge is 0.369 e. The lowest BCUT2D eigenvalue weighted by molar-refractivity contribution is 0.220. The van der Waals surface area contributed by atoms with E-state index < -0.39 is 0 Å². The third-order valence-corrected chi connectivity index (χ3v) is 8.18. The first kappa shape index (κ1) is 14.6. The Hall–Kier alpha value is -0.600. The van der Waals surface area contributed by atoms with Gasteiger partial charge < -0.3 is 9.47 Å². The Labute approximate surface area is 145 Å². The number of rotatable bonds is 3. The maximum atomic E-state index is 5.59. The highest BCUT2D eigenvalue weighted by Crippen LogP contribution is 2.52. The maximum absolute atomic E-state index is 5.59. The molecule has 3 saturated carbocycles. The van der Waals surface area contributed by atoms with Gasteiger partial charge in [-0.05, 0) is 86.9 Å². The Morgan fingerprint density at radius 1 is 0.750 bits per heavy atom. The van der Waals surface area contributed by atoms with Gasteiger partial charge in [0.2, 0.25) is 0 Å². The van der Waals surface area contributed by atoms with Crippen LogP contribution in [-0.4, -0.2) is 24.4 Å². The molecule has 130 valence electrons. The molecule has 2 nitrogen and oxygen atoms in total. The van der Waals surface area contributed by atoms with Crippen molar-refractivity contribution >= 4 is 0 Å². The molecule has 10 unspecified atom stereocenters. The van der Waals surface area contributed by atoms with Crippen LogP contribution in [-0.2, 0) is 9.47 Å². The van der Waals surface area contributed by atoms with E-state index in [4.69, 9.17) is 9.47 Å². The number of hydrogen-bond acceptors (Lipinski definition) is 2. The van der Waals surface area contributed by atoms with Gasteiger partial charge in [0, 0.05) is 0 Å². The number of hydrogen-bond donors (Lipinski definition) is 0. The summed E-state index contributed by atoms with van der Waals surface area (Å²) in [5.74, 6) is 5.62. The molecule has 0 aromatic heterocycles. The first-order chi connectivity index (χ1) is 11.9. The quantitative estimate of drug-likeness (QED) is 0.563. The Morgan fingerprint density at radius 2 is 1.42 bits per heavy atom. The van der Waals surface area contributed by atoms with Gasteiger partial charge in [-0.1, -0.05) is 24.3 Å². The van der Waals surface area contributed by atoms with E-state index in [-0.39, 0.29) is 0 Å². The van der Waals surface area contributed by atoms with Crippen molar-refractivity contribution in [3.05, 3.63) is 24.3 Å². The second-order valence-corrected chi connectivity index (χ2v) is 9.38. The minimum Gasteiger partial charge on any atom is -0.369 e. The second kappa shape index (κ2) is 5.45. The van der Waals surface area contributed by atoms with Crippen molar-refractivity contribution in [2.24, 2.45) is 35.5 Å². The molecule has 5 fully saturated rings. The summed E-state index contributed by atoms with van der Waals surface area (Å²) >= 11 is 0. The minimum absolute atomic E-state index is 0.673. The molecule has 2 saturated heterocycles. The third-order valence-electron chi connectivity index (χ3n) is 8.18. The van der Waals surface area contributed by atoms with E-state index in [2.05, 4.69) is 24.3 Å². The maximum Gasteiger partial charge on any atom is 0.0869 e. The van der Waals surface area contributed by atoms with Crippen molar-refractivity contribution in [2.45, 2.75) is 75.8 Å². The molecule has 5 aliphatic carbocycles. The molecule has 2 heterocycles. The zero-order valence-electron chi connectivity index (χ0n) is 14.6. The molecular formula is C22H30O2. The van der Waals surface area contributed by atoms with Crippen LogP contribution < -0.4 is 0 Å². The number of ether oxygens (including phenoxy) is 2. The molecule has 10 atom stereocenters. The third kappa shape index (κ3) is 2.36. The highest BCUT2D eigenvalue weighted by Gasteiger charge is 2.52. The number of allylic oxidation sites excluding steroid dienone is 4. The van der Waals surface area contributed by atoms with Crippen molar-refractivity contribution < 1.29 is 9.47 Å². The van der Waals surface area contributed by atoms with Crippen LogP contribution in [0.4, 0.5) is 0 Å². The van der Waals surface area contributed by atoms with Gasteiger partial charge in [-0.15, -0.1) is 0 Å². The van der Waals surface area contributed by atoms with Gasteiger partial charge in [0.15, 0.2) is 0 Å². The molecule has 2 heteroatoms. The van der Waals surface area contributed by atoms with Crippen molar-refractivity contribution in [2.75, 3.05) is 0 Å². The van der Waals surface area contributed by atoms with Crippen molar-refractivity contribution in [3.8, 4) is 0 Å². The fraction of sp³-hybridized carbons (Fsp3) is 0.818. The highest BCUT2D eigenvalue weighted by molar-refractivity contribution is 5.21. The lowest BCUT2D eigenvalue weighted by Crippen LogP contribution is -2.12. The normalized spacial score (nSPS) is 56.7. The van der Waals surface area contributed by atoms with E-state index in [9.17, 15) is 0 Å². The van der Waals surface area contributed by atoms with E-state index in [1.165, 1.54) is 51.4 Å². The van der Waals surface area contributed by atoms with Gasteiger partial charge in [-0.25, -0.2) is 0 Å².